The first-order chi connectivity index (χ1) is 8.83. The van der Waals surface area contributed by atoms with Gasteiger partial charge in [-0.15, -0.1) is 0 Å². The van der Waals surface area contributed by atoms with E-state index in [1.54, 1.807) is 0 Å². The van der Waals surface area contributed by atoms with Crippen molar-refractivity contribution >= 4 is 11.9 Å². The number of hydrazine groups is 1. The predicted molar refractivity (Wildman–Crippen MR) is 66.5 cm³/mol. The molecule has 0 aliphatic carbocycles. The summed E-state index contributed by atoms with van der Waals surface area (Å²) in [7, 11) is 0. The maximum absolute atomic E-state index is 5.41. The zero-order chi connectivity index (χ0) is 12.8. The highest BCUT2D eigenvalue weighted by molar-refractivity contribution is 5.37. The number of anilines is 2. The van der Waals surface area contributed by atoms with E-state index in [0.717, 1.165) is 19.5 Å². The van der Waals surface area contributed by atoms with Crippen molar-refractivity contribution in [2.45, 2.75) is 13.3 Å². The molecule has 2 heterocycles. The molecular formula is C10H18N6O2. The lowest BCUT2D eigenvalue weighted by molar-refractivity contribution is 0.122. The Morgan fingerprint density at radius 3 is 2.78 bits per heavy atom. The van der Waals surface area contributed by atoms with Crippen molar-refractivity contribution < 1.29 is 9.47 Å². The van der Waals surface area contributed by atoms with E-state index in [-0.39, 0.29) is 0 Å². The SMILES string of the molecule is CCCOc1nc(NN)nc(N2CCOCC2)n1. The highest BCUT2D eigenvalue weighted by Gasteiger charge is 2.16. The first kappa shape index (κ1) is 12.8. The van der Waals surface area contributed by atoms with Gasteiger partial charge >= 0.3 is 6.01 Å². The summed E-state index contributed by atoms with van der Waals surface area (Å²) in [5.74, 6) is 6.21. The van der Waals surface area contributed by atoms with Gasteiger partial charge in [-0.25, -0.2) is 5.84 Å². The zero-order valence-electron chi connectivity index (χ0n) is 10.4. The van der Waals surface area contributed by atoms with Gasteiger partial charge in [-0.05, 0) is 6.42 Å². The number of nitrogens with one attached hydrogen (secondary N) is 1. The number of nitrogens with zero attached hydrogens (tertiary/aromatic N) is 4. The van der Waals surface area contributed by atoms with Crippen LogP contribution in [0.4, 0.5) is 11.9 Å². The molecule has 1 aromatic rings. The molecule has 1 aliphatic heterocycles. The van der Waals surface area contributed by atoms with Crippen LogP contribution in [0.25, 0.3) is 0 Å². The molecule has 1 saturated heterocycles. The molecule has 0 aromatic carbocycles. The Morgan fingerprint density at radius 2 is 2.11 bits per heavy atom. The molecule has 0 radical (unpaired) electrons. The molecule has 2 rings (SSSR count). The standard InChI is InChI=1S/C10H18N6O2/c1-2-5-18-10-13-8(15-11)12-9(14-10)16-3-6-17-7-4-16/h2-7,11H2,1H3,(H,12,13,14,15). The molecule has 0 amide bonds. The van der Waals surface area contributed by atoms with Crippen LogP contribution < -0.4 is 20.9 Å². The second-order valence-electron chi connectivity index (χ2n) is 3.83. The molecule has 8 nitrogen and oxygen atoms in total. The number of hydrogen-bond acceptors (Lipinski definition) is 8. The van der Waals surface area contributed by atoms with Crippen LogP contribution >= 0.6 is 0 Å². The number of hydrogen-bond donors (Lipinski definition) is 2. The smallest absolute Gasteiger partial charge is 0.323 e. The average molecular weight is 254 g/mol. The van der Waals surface area contributed by atoms with Crippen LogP contribution in [0.5, 0.6) is 6.01 Å². The molecule has 1 aliphatic rings. The van der Waals surface area contributed by atoms with Crippen molar-refractivity contribution in [3.63, 3.8) is 0 Å². The lowest BCUT2D eigenvalue weighted by Gasteiger charge is -2.26. The van der Waals surface area contributed by atoms with Crippen LogP contribution in [0.3, 0.4) is 0 Å². The summed E-state index contributed by atoms with van der Waals surface area (Å²) in [5, 5.41) is 0. The summed E-state index contributed by atoms with van der Waals surface area (Å²) in [4.78, 5) is 14.6. The summed E-state index contributed by atoms with van der Waals surface area (Å²) in [6.45, 7) is 5.43. The van der Waals surface area contributed by atoms with Gasteiger partial charge in [0, 0.05) is 13.1 Å². The second-order valence-corrected chi connectivity index (χ2v) is 3.83. The van der Waals surface area contributed by atoms with Gasteiger partial charge in [-0.2, -0.15) is 15.0 Å². The van der Waals surface area contributed by atoms with Crippen molar-refractivity contribution in [3.8, 4) is 6.01 Å². The highest BCUT2D eigenvalue weighted by atomic mass is 16.5. The molecule has 0 saturated carbocycles. The van der Waals surface area contributed by atoms with E-state index in [9.17, 15) is 0 Å². The molecule has 0 atom stereocenters. The van der Waals surface area contributed by atoms with Crippen LogP contribution in [-0.2, 0) is 4.74 Å². The second kappa shape index (κ2) is 6.31. The van der Waals surface area contributed by atoms with Crippen molar-refractivity contribution in [1.82, 2.24) is 15.0 Å². The van der Waals surface area contributed by atoms with E-state index >= 15 is 0 Å². The summed E-state index contributed by atoms with van der Waals surface area (Å²) < 4.78 is 10.7. The van der Waals surface area contributed by atoms with Gasteiger partial charge < -0.3 is 14.4 Å². The van der Waals surface area contributed by atoms with Crippen LogP contribution in [0.2, 0.25) is 0 Å². The van der Waals surface area contributed by atoms with Crippen molar-refractivity contribution in [1.29, 1.82) is 0 Å². The van der Waals surface area contributed by atoms with Gasteiger partial charge in [-0.3, -0.25) is 5.43 Å². The normalized spacial score (nSPS) is 15.6. The largest absolute Gasteiger partial charge is 0.463 e. The molecule has 0 unspecified atom stereocenters. The van der Waals surface area contributed by atoms with Crippen LogP contribution in [0.1, 0.15) is 13.3 Å². The lowest BCUT2D eigenvalue weighted by atomic mass is 10.4. The third-order valence-electron chi connectivity index (χ3n) is 2.46. The van der Waals surface area contributed by atoms with Gasteiger partial charge in [0.15, 0.2) is 0 Å². The number of morpholine rings is 1. The maximum Gasteiger partial charge on any atom is 0.323 e. The van der Waals surface area contributed by atoms with Gasteiger partial charge in [0.05, 0.1) is 19.8 Å². The Kier molecular flexibility index (Phi) is 4.48. The average Bonchev–Trinajstić information content (AvgIpc) is 2.45. The van der Waals surface area contributed by atoms with E-state index in [2.05, 4.69) is 20.4 Å². The Morgan fingerprint density at radius 1 is 1.33 bits per heavy atom. The molecule has 0 spiro atoms. The van der Waals surface area contributed by atoms with Gasteiger partial charge in [0.2, 0.25) is 11.9 Å². The highest BCUT2D eigenvalue weighted by Crippen LogP contribution is 2.15. The van der Waals surface area contributed by atoms with E-state index in [1.165, 1.54) is 0 Å². The predicted octanol–water partition coefficient (Wildman–Crippen LogP) is -0.217. The summed E-state index contributed by atoms with van der Waals surface area (Å²) in [6.07, 6.45) is 0.893. The van der Waals surface area contributed by atoms with E-state index in [0.29, 0.717) is 37.7 Å². The number of ether oxygens (including phenoxy) is 2. The first-order valence-corrected chi connectivity index (χ1v) is 6.01. The molecular weight excluding hydrogens is 236 g/mol. The van der Waals surface area contributed by atoms with Gasteiger partial charge in [0.1, 0.15) is 0 Å². The molecule has 3 N–H and O–H groups in total. The van der Waals surface area contributed by atoms with Crippen molar-refractivity contribution in [2.75, 3.05) is 43.2 Å². The minimum atomic E-state index is 0.293. The molecule has 18 heavy (non-hydrogen) atoms. The Balaban J connectivity index is 2.16. The number of aromatic nitrogens is 3. The van der Waals surface area contributed by atoms with Crippen LogP contribution in [-0.4, -0.2) is 47.9 Å². The Bertz CT molecular complexity index is 383. The quantitative estimate of drug-likeness (QED) is 0.550. The van der Waals surface area contributed by atoms with Crippen LogP contribution in [0, 0.1) is 0 Å². The van der Waals surface area contributed by atoms with E-state index in [1.807, 2.05) is 11.8 Å². The number of nitrogens with two attached hydrogens (primary N) is 1. The number of rotatable bonds is 5. The monoisotopic (exact) mass is 254 g/mol. The van der Waals surface area contributed by atoms with Gasteiger partial charge in [-0.1, -0.05) is 6.92 Å². The fraction of sp³-hybridized carbons (Fsp3) is 0.700. The fourth-order valence-electron chi connectivity index (χ4n) is 1.57. The topological polar surface area (TPSA) is 98.4 Å². The van der Waals surface area contributed by atoms with E-state index in [4.69, 9.17) is 15.3 Å². The van der Waals surface area contributed by atoms with Crippen LogP contribution in [0.15, 0.2) is 0 Å². The van der Waals surface area contributed by atoms with Crippen molar-refractivity contribution in [3.05, 3.63) is 0 Å². The Labute approximate surface area is 105 Å². The summed E-state index contributed by atoms with van der Waals surface area (Å²) >= 11 is 0. The molecule has 1 aromatic heterocycles. The third-order valence-corrected chi connectivity index (χ3v) is 2.46. The molecule has 0 bridgehead atoms. The molecule has 100 valence electrons. The molecule has 8 heteroatoms. The summed E-state index contributed by atoms with van der Waals surface area (Å²) in [6, 6.07) is 0.293. The maximum atomic E-state index is 5.41. The minimum absolute atomic E-state index is 0.293. The third kappa shape index (κ3) is 3.17. The zero-order valence-corrected chi connectivity index (χ0v) is 10.4. The minimum Gasteiger partial charge on any atom is -0.463 e. The van der Waals surface area contributed by atoms with Gasteiger partial charge in [0.25, 0.3) is 0 Å². The summed E-state index contributed by atoms with van der Waals surface area (Å²) in [5.41, 5.74) is 2.42. The fourth-order valence-corrected chi connectivity index (χ4v) is 1.57. The number of nitrogen functional groups attached to an aromatic ring is 1. The Hall–Kier alpha value is -1.67. The van der Waals surface area contributed by atoms with E-state index < -0.39 is 0 Å². The van der Waals surface area contributed by atoms with Crippen molar-refractivity contribution in [2.24, 2.45) is 5.84 Å². The first-order valence-electron chi connectivity index (χ1n) is 6.01. The molecule has 1 fully saturated rings. The lowest BCUT2D eigenvalue weighted by Crippen LogP contribution is -2.37.